The van der Waals surface area contributed by atoms with Crippen molar-refractivity contribution < 1.29 is 0 Å². The van der Waals surface area contributed by atoms with Gasteiger partial charge in [0, 0.05) is 70.6 Å². The molecule has 1 saturated heterocycles. The Morgan fingerprint density at radius 3 is 2.32 bits per heavy atom. The molecule has 0 saturated carbocycles. The lowest BCUT2D eigenvalue weighted by Gasteiger charge is -2.37. The van der Waals surface area contributed by atoms with Gasteiger partial charge in [-0.3, -0.25) is 4.98 Å². The van der Waals surface area contributed by atoms with E-state index in [4.69, 9.17) is 0 Å². The van der Waals surface area contributed by atoms with Crippen molar-refractivity contribution in [1.29, 1.82) is 0 Å². The molecule has 1 aliphatic heterocycles. The van der Waals surface area contributed by atoms with Gasteiger partial charge in [-0.1, -0.05) is 0 Å². The Morgan fingerprint density at radius 1 is 1.05 bits per heavy atom. The van der Waals surface area contributed by atoms with Crippen LogP contribution < -0.4 is 14.7 Å². The van der Waals surface area contributed by atoms with Crippen LogP contribution in [0.3, 0.4) is 0 Å². The van der Waals surface area contributed by atoms with Crippen LogP contribution in [-0.2, 0) is 0 Å². The van der Waals surface area contributed by atoms with Gasteiger partial charge in [0.1, 0.15) is 5.82 Å². The van der Waals surface area contributed by atoms with E-state index in [2.05, 4.69) is 53.9 Å². The highest BCUT2D eigenvalue weighted by atomic mass is 79.9. The third kappa shape index (κ3) is 3.16. The number of piperazine rings is 1. The molecule has 0 radical (unpaired) electrons. The van der Waals surface area contributed by atoms with Gasteiger partial charge in [-0.15, -0.1) is 0 Å². The van der Waals surface area contributed by atoms with Crippen LogP contribution in [0.2, 0.25) is 0 Å². The van der Waals surface area contributed by atoms with Crippen molar-refractivity contribution >= 4 is 33.1 Å². The first-order chi connectivity index (χ1) is 10.6. The predicted octanol–water partition coefficient (Wildman–Crippen LogP) is 2.63. The summed E-state index contributed by atoms with van der Waals surface area (Å²) in [6.45, 7) is 4.02. The van der Waals surface area contributed by atoms with Crippen LogP contribution in [0, 0.1) is 0 Å². The second-order valence-electron chi connectivity index (χ2n) is 5.57. The fourth-order valence-corrected chi connectivity index (χ4v) is 3.13. The minimum atomic E-state index is 0.981. The monoisotopic (exact) mass is 361 g/mol. The molecule has 6 heteroatoms. The molecular weight excluding hydrogens is 342 g/mol. The zero-order chi connectivity index (χ0) is 15.5. The van der Waals surface area contributed by atoms with Gasteiger partial charge in [0.2, 0.25) is 0 Å². The van der Waals surface area contributed by atoms with Crippen LogP contribution in [0.15, 0.2) is 41.3 Å². The molecule has 22 heavy (non-hydrogen) atoms. The SMILES string of the molecule is CN(C)c1cc(N2CCN(c3ccncc3)CC2)c(Br)cn1. The molecule has 0 bridgehead atoms. The number of hydrogen-bond donors (Lipinski definition) is 0. The first-order valence-electron chi connectivity index (χ1n) is 7.38. The van der Waals surface area contributed by atoms with E-state index in [9.17, 15) is 0 Å². The van der Waals surface area contributed by atoms with Gasteiger partial charge in [0.05, 0.1) is 10.2 Å². The topological polar surface area (TPSA) is 35.5 Å². The maximum atomic E-state index is 4.43. The zero-order valence-electron chi connectivity index (χ0n) is 12.9. The molecule has 0 unspecified atom stereocenters. The minimum Gasteiger partial charge on any atom is -0.368 e. The van der Waals surface area contributed by atoms with E-state index in [-0.39, 0.29) is 0 Å². The minimum absolute atomic E-state index is 0.981. The maximum Gasteiger partial charge on any atom is 0.130 e. The summed E-state index contributed by atoms with van der Waals surface area (Å²) in [6, 6.07) is 6.29. The Hall–Kier alpha value is -1.82. The van der Waals surface area contributed by atoms with E-state index >= 15 is 0 Å². The molecule has 0 aromatic carbocycles. The summed E-state index contributed by atoms with van der Waals surface area (Å²) >= 11 is 3.63. The second kappa shape index (κ2) is 6.52. The Labute approximate surface area is 139 Å². The average Bonchev–Trinajstić information content (AvgIpc) is 2.56. The van der Waals surface area contributed by atoms with E-state index in [0.717, 1.165) is 36.5 Å². The van der Waals surface area contributed by atoms with Crippen molar-refractivity contribution in [2.24, 2.45) is 0 Å². The highest BCUT2D eigenvalue weighted by Crippen LogP contribution is 2.30. The summed E-state index contributed by atoms with van der Waals surface area (Å²) in [5.41, 5.74) is 2.46. The van der Waals surface area contributed by atoms with Crippen LogP contribution >= 0.6 is 15.9 Å². The fourth-order valence-electron chi connectivity index (χ4n) is 2.66. The number of rotatable bonds is 3. The Bertz CT molecular complexity index is 624. The third-order valence-corrected chi connectivity index (χ3v) is 4.54. The van der Waals surface area contributed by atoms with Crippen molar-refractivity contribution in [2.45, 2.75) is 0 Å². The molecule has 0 amide bonds. The van der Waals surface area contributed by atoms with Crippen molar-refractivity contribution in [2.75, 3.05) is 55.0 Å². The molecule has 0 atom stereocenters. The largest absolute Gasteiger partial charge is 0.368 e. The van der Waals surface area contributed by atoms with E-state index in [1.54, 1.807) is 0 Å². The quantitative estimate of drug-likeness (QED) is 0.839. The zero-order valence-corrected chi connectivity index (χ0v) is 14.5. The lowest BCUT2D eigenvalue weighted by atomic mass is 10.2. The van der Waals surface area contributed by atoms with E-state index < -0.39 is 0 Å². The standard InChI is InChI=1S/C16H20BrN5/c1-20(2)16-11-15(14(17)12-19-16)22-9-7-21(8-10-22)13-3-5-18-6-4-13/h3-6,11-12H,7-10H2,1-2H3. The Balaban J connectivity index is 1.73. The Morgan fingerprint density at radius 2 is 1.68 bits per heavy atom. The van der Waals surface area contributed by atoms with Crippen molar-refractivity contribution in [3.05, 3.63) is 41.3 Å². The van der Waals surface area contributed by atoms with E-state index in [1.165, 1.54) is 11.4 Å². The second-order valence-corrected chi connectivity index (χ2v) is 6.42. The summed E-state index contributed by atoms with van der Waals surface area (Å²) in [4.78, 5) is 15.4. The lowest BCUT2D eigenvalue weighted by Crippen LogP contribution is -2.46. The first-order valence-corrected chi connectivity index (χ1v) is 8.17. The summed E-state index contributed by atoms with van der Waals surface area (Å²) in [7, 11) is 4.03. The van der Waals surface area contributed by atoms with Gasteiger partial charge in [-0.25, -0.2) is 4.98 Å². The molecule has 5 nitrogen and oxygen atoms in total. The smallest absolute Gasteiger partial charge is 0.130 e. The van der Waals surface area contributed by atoms with Gasteiger partial charge in [0.15, 0.2) is 0 Å². The van der Waals surface area contributed by atoms with Crippen LogP contribution in [0.25, 0.3) is 0 Å². The van der Waals surface area contributed by atoms with Crippen LogP contribution in [-0.4, -0.2) is 50.2 Å². The number of anilines is 3. The molecule has 1 fully saturated rings. The summed E-state index contributed by atoms with van der Waals surface area (Å²) in [5.74, 6) is 0.981. The van der Waals surface area contributed by atoms with Crippen molar-refractivity contribution in [1.82, 2.24) is 9.97 Å². The molecule has 1 aliphatic rings. The molecule has 2 aromatic heterocycles. The molecule has 116 valence electrons. The van der Waals surface area contributed by atoms with Crippen LogP contribution in [0.1, 0.15) is 0 Å². The predicted molar refractivity (Wildman–Crippen MR) is 94.9 cm³/mol. The van der Waals surface area contributed by atoms with Gasteiger partial charge in [-0.05, 0) is 28.1 Å². The maximum absolute atomic E-state index is 4.43. The van der Waals surface area contributed by atoms with E-state index in [1.807, 2.05) is 37.6 Å². The lowest BCUT2D eigenvalue weighted by molar-refractivity contribution is 0.652. The first kappa shape index (κ1) is 15.1. The van der Waals surface area contributed by atoms with Gasteiger partial charge >= 0.3 is 0 Å². The summed E-state index contributed by atoms with van der Waals surface area (Å²) in [5, 5.41) is 0. The molecule has 0 N–H and O–H groups in total. The van der Waals surface area contributed by atoms with Gasteiger partial charge in [0.25, 0.3) is 0 Å². The highest BCUT2D eigenvalue weighted by molar-refractivity contribution is 9.10. The number of hydrogen-bond acceptors (Lipinski definition) is 5. The van der Waals surface area contributed by atoms with Gasteiger partial charge < -0.3 is 14.7 Å². The molecule has 3 heterocycles. The molecule has 0 spiro atoms. The Kier molecular flexibility index (Phi) is 4.47. The van der Waals surface area contributed by atoms with Gasteiger partial charge in [-0.2, -0.15) is 0 Å². The number of aromatic nitrogens is 2. The van der Waals surface area contributed by atoms with Crippen molar-refractivity contribution in [3.8, 4) is 0 Å². The summed E-state index contributed by atoms with van der Waals surface area (Å²) < 4.78 is 1.05. The normalized spacial score (nSPS) is 15.0. The molecule has 3 rings (SSSR count). The van der Waals surface area contributed by atoms with Crippen molar-refractivity contribution in [3.63, 3.8) is 0 Å². The fraction of sp³-hybridized carbons (Fsp3) is 0.375. The molecule has 0 aliphatic carbocycles. The third-order valence-electron chi connectivity index (χ3n) is 3.93. The number of nitrogens with zero attached hydrogens (tertiary/aromatic N) is 5. The average molecular weight is 362 g/mol. The summed E-state index contributed by atoms with van der Waals surface area (Å²) in [6.07, 6.45) is 5.59. The van der Waals surface area contributed by atoms with Crippen LogP contribution in [0.5, 0.6) is 0 Å². The highest BCUT2D eigenvalue weighted by Gasteiger charge is 2.19. The van der Waals surface area contributed by atoms with Crippen LogP contribution in [0.4, 0.5) is 17.2 Å². The van der Waals surface area contributed by atoms with E-state index in [0.29, 0.717) is 0 Å². The molecule has 2 aromatic rings. The molecular formula is C16H20BrN5. The number of halogens is 1. The number of pyridine rings is 2.